The molecule has 0 N–H and O–H groups in total. The van der Waals surface area contributed by atoms with E-state index in [2.05, 4.69) is 21.9 Å². The number of hydrogen-bond acceptors (Lipinski definition) is 5. The molecule has 19 heavy (non-hydrogen) atoms. The van der Waals surface area contributed by atoms with Gasteiger partial charge in [-0.2, -0.15) is 0 Å². The molecule has 5 heteroatoms. The molecule has 0 saturated heterocycles. The van der Waals surface area contributed by atoms with Crippen LogP contribution in [-0.4, -0.2) is 22.3 Å². The Bertz CT molecular complexity index is 657. The molecule has 1 aliphatic rings. The van der Waals surface area contributed by atoms with Crippen LogP contribution in [0.4, 0.5) is 5.13 Å². The zero-order valence-corrected chi connectivity index (χ0v) is 11.7. The molecule has 0 atom stereocenters. The van der Waals surface area contributed by atoms with Crippen LogP contribution < -0.4 is 4.90 Å². The molecule has 2 aromatic heterocycles. The molecule has 0 saturated carbocycles. The van der Waals surface area contributed by atoms with E-state index in [1.54, 1.807) is 17.5 Å². The normalized spacial score (nSPS) is 14.6. The third-order valence-corrected chi connectivity index (χ3v) is 3.97. The van der Waals surface area contributed by atoms with Crippen molar-refractivity contribution in [1.82, 2.24) is 9.97 Å². The predicted molar refractivity (Wildman–Crippen MR) is 78.8 cm³/mol. The van der Waals surface area contributed by atoms with Gasteiger partial charge >= 0.3 is 0 Å². The molecule has 3 heterocycles. The van der Waals surface area contributed by atoms with E-state index >= 15 is 0 Å². The van der Waals surface area contributed by atoms with Crippen LogP contribution in [0.2, 0.25) is 0 Å². The lowest BCUT2D eigenvalue weighted by Gasteiger charge is -2.19. The molecule has 0 spiro atoms. The molecular weight excluding hydrogens is 256 g/mol. The Morgan fingerprint density at radius 3 is 2.84 bits per heavy atom. The first-order chi connectivity index (χ1) is 9.24. The zero-order chi connectivity index (χ0) is 13.2. The number of allylic oxidation sites excluding steroid dienone is 1. The van der Waals surface area contributed by atoms with Crippen LogP contribution in [0.1, 0.15) is 16.8 Å². The summed E-state index contributed by atoms with van der Waals surface area (Å²) in [5, 5.41) is 3.03. The van der Waals surface area contributed by atoms with Gasteiger partial charge in [-0.05, 0) is 31.6 Å². The molecule has 1 aliphatic heterocycles. The second-order valence-electron chi connectivity index (χ2n) is 4.43. The van der Waals surface area contributed by atoms with Gasteiger partial charge in [0.1, 0.15) is 6.67 Å². The summed E-state index contributed by atoms with van der Waals surface area (Å²) >= 11 is 1.64. The first-order valence-corrected chi connectivity index (χ1v) is 6.94. The summed E-state index contributed by atoms with van der Waals surface area (Å²) < 4.78 is 0. The predicted octanol–water partition coefficient (Wildman–Crippen LogP) is 2.94. The standard InChI is InChI=1S/C14H14N4S/c1-10-3-5-15-7-12(10)13-4-6-18(9-16-13)14-17-11(2)8-19-14/h3-8H,9H2,1-2H3. The van der Waals surface area contributed by atoms with Crippen molar-refractivity contribution in [2.24, 2.45) is 4.99 Å². The third kappa shape index (κ3) is 2.42. The number of aliphatic imine (C=N–C) groups is 1. The van der Waals surface area contributed by atoms with Crippen molar-refractivity contribution in [3.05, 3.63) is 52.9 Å². The molecule has 0 aromatic carbocycles. The van der Waals surface area contributed by atoms with Gasteiger partial charge in [0.25, 0.3) is 0 Å². The maximum absolute atomic E-state index is 4.61. The van der Waals surface area contributed by atoms with Gasteiger partial charge in [-0.15, -0.1) is 11.3 Å². The van der Waals surface area contributed by atoms with Crippen molar-refractivity contribution in [3.8, 4) is 0 Å². The van der Waals surface area contributed by atoms with Crippen LogP contribution in [-0.2, 0) is 0 Å². The number of thiazole rings is 1. The smallest absolute Gasteiger partial charge is 0.191 e. The Morgan fingerprint density at radius 1 is 1.32 bits per heavy atom. The van der Waals surface area contributed by atoms with Crippen LogP contribution in [0.15, 0.2) is 41.1 Å². The lowest BCUT2D eigenvalue weighted by Crippen LogP contribution is -2.21. The lowest BCUT2D eigenvalue weighted by atomic mass is 10.1. The minimum absolute atomic E-state index is 0.604. The summed E-state index contributed by atoms with van der Waals surface area (Å²) in [5.41, 5.74) is 4.31. The van der Waals surface area contributed by atoms with E-state index < -0.39 is 0 Å². The molecular formula is C14H14N4S. The summed E-state index contributed by atoms with van der Waals surface area (Å²) in [5.74, 6) is 0. The highest BCUT2D eigenvalue weighted by Crippen LogP contribution is 2.22. The highest BCUT2D eigenvalue weighted by Gasteiger charge is 2.13. The summed E-state index contributed by atoms with van der Waals surface area (Å²) in [6.45, 7) is 4.68. The van der Waals surface area contributed by atoms with E-state index in [0.29, 0.717) is 6.67 Å². The summed E-state index contributed by atoms with van der Waals surface area (Å²) in [4.78, 5) is 15.3. The minimum atomic E-state index is 0.604. The number of aryl methyl sites for hydroxylation is 2. The largest absolute Gasteiger partial charge is 0.304 e. The summed E-state index contributed by atoms with van der Waals surface area (Å²) in [7, 11) is 0. The molecule has 0 fully saturated rings. The second kappa shape index (κ2) is 4.93. The molecule has 2 aromatic rings. The Balaban J connectivity index is 1.82. The lowest BCUT2D eigenvalue weighted by molar-refractivity contribution is 0.950. The maximum Gasteiger partial charge on any atom is 0.191 e. The monoisotopic (exact) mass is 270 g/mol. The van der Waals surface area contributed by atoms with Crippen molar-refractivity contribution in [1.29, 1.82) is 0 Å². The van der Waals surface area contributed by atoms with Gasteiger partial charge in [0.05, 0.1) is 11.4 Å². The maximum atomic E-state index is 4.61. The average molecular weight is 270 g/mol. The van der Waals surface area contributed by atoms with Gasteiger partial charge in [-0.3, -0.25) is 9.98 Å². The topological polar surface area (TPSA) is 41.4 Å². The fourth-order valence-corrected chi connectivity index (χ4v) is 2.70. The van der Waals surface area contributed by atoms with Crippen molar-refractivity contribution in [3.63, 3.8) is 0 Å². The molecule has 4 nitrogen and oxygen atoms in total. The fraction of sp³-hybridized carbons (Fsp3) is 0.214. The van der Waals surface area contributed by atoms with Crippen molar-refractivity contribution < 1.29 is 0 Å². The molecule has 0 unspecified atom stereocenters. The van der Waals surface area contributed by atoms with Crippen molar-refractivity contribution in [2.75, 3.05) is 11.6 Å². The van der Waals surface area contributed by atoms with E-state index in [4.69, 9.17) is 0 Å². The average Bonchev–Trinajstić information content (AvgIpc) is 2.86. The van der Waals surface area contributed by atoms with E-state index in [1.165, 1.54) is 5.56 Å². The number of hydrogen-bond donors (Lipinski definition) is 0. The zero-order valence-electron chi connectivity index (χ0n) is 10.9. The Morgan fingerprint density at radius 2 is 2.21 bits per heavy atom. The SMILES string of the molecule is Cc1csc(N2C=CC(c3cnccc3C)=NC2)n1. The van der Waals surface area contributed by atoms with Crippen LogP contribution in [0, 0.1) is 13.8 Å². The second-order valence-corrected chi connectivity index (χ2v) is 5.27. The first kappa shape index (κ1) is 12.0. The first-order valence-electron chi connectivity index (χ1n) is 6.06. The van der Waals surface area contributed by atoms with Crippen molar-refractivity contribution >= 4 is 22.2 Å². The van der Waals surface area contributed by atoms with Gasteiger partial charge in [0.15, 0.2) is 5.13 Å². The van der Waals surface area contributed by atoms with Crippen LogP contribution in [0.3, 0.4) is 0 Å². The number of aromatic nitrogens is 2. The van der Waals surface area contributed by atoms with Gasteiger partial charge in [0.2, 0.25) is 0 Å². The van der Waals surface area contributed by atoms with Crippen molar-refractivity contribution in [2.45, 2.75) is 13.8 Å². The van der Waals surface area contributed by atoms with Gasteiger partial charge < -0.3 is 4.90 Å². The summed E-state index contributed by atoms with van der Waals surface area (Å²) in [6.07, 6.45) is 7.72. The van der Waals surface area contributed by atoms with Gasteiger partial charge in [-0.25, -0.2) is 4.98 Å². The van der Waals surface area contributed by atoms with Crippen LogP contribution in [0.5, 0.6) is 0 Å². The van der Waals surface area contributed by atoms with E-state index in [1.807, 2.05) is 41.7 Å². The molecule has 96 valence electrons. The Hall–Kier alpha value is -2.01. The molecule has 0 aliphatic carbocycles. The molecule has 0 bridgehead atoms. The minimum Gasteiger partial charge on any atom is -0.304 e. The van der Waals surface area contributed by atoms with E-state index in [9.17, 15) is 0 Å². The van der Waals surface area contributed by atoms with E-state index in [0.717, 1.165) is 22.1 Å². The number of nitrogens with zero attached hydrogens (tertiary/aromatic N) is 4. The van der Waals surface area contributed by atoms with Crippen LogP contribution in [0.25, 0.3) is 0 Å². The van der Waals surface area contributed by atoms with E-state index in [-0.39, 0.29) is 0 Å². The molecule has 3 rings (SSSR count). The van der Waals surface area contributed by atoms with Gasteiger partial charge in [0, 0.05) is 29.5 Å². The van der Waals surface area contributed by atoms with Crippen LogP contribution >= 0.6 is 11.3 Å². The molecule has 0 amide bonds. The number of pyridine rings is 1. The highest BCUT2D eigenvalue weighted by atomic mass is 32.1. The quantitative estimate of drug-likeness (QED) is 0.842. The Kier molecular flexibility index (Phi) is 3.13. The number of anilines is 1. The fourth-order valence-electron chi connectivity index (χ4n) is 1.92. The molecule has 0 radical (unpaired) electrons. The Labute approximate surface area is 116 Å². The third-order valence-electron chi connectivity index (χ3n) is 2.97. The summed E-state index contributed by atoms with van der Waals surface area (Å²) in [6, 6.07) is 2.00. The van der Waals surface area contributed by atoms with Gasteiger partial charge in [-0.1, -0.05) is 0 Å². The number of rotatable bonds is 2. The highest BCUT2D eigenvalue weighted by molar-refractivity contribution is 7.13.